The molecule has 1 amide bonds. The largest absolute Gasteiger partial charge is 0.472 e. The van der Waals surface area contributed by atoms with Crippen molar-refractivity contribution in [3.05, 3.63) is 59.0 Å². The van der Waals surface area contributed by atoms with Crippen molar-refractivity contribution in [3.63, 3.8) is 0 Å². The molecule has 18 heavy (non-hydrogen) atoms. The Labute approximate surface area is 105 Å². The summed E-state index contributed by atoms with van der Waals surface area (Å²) in [5.41, 5.74) is 9.80. The Morgan fingerprint density at radius 1 is 1.28 bits per heavy atom. The van der Waals surface area contributed by atoms with Crippen molar-refractivity contribution in [1.82, 2.24) is 5.32 Å². The summed E-state index contributed by atoms with van der Waals surface area (Å²) in [6.45, 7) is 0.707. The zero-order chi connectivity index (χ0) is 12.5. The molecule has 0 saturated heterocycles. The number of rotatable bonds is 2. The number of amides is 1. The smallest absolute Gasteiger partial charge is 0.251 e. The average molecular weight is 242 g/mol. The summed E-state index contributed by atoms with van der Waals surface area (Å²) in [7, 11) is 0. The normalized spacial score (nSPS) is 15.9. The van der Waals surface area contributed by atoms with E-state index in [0.717, 1.165) is 28.7 Å². The molecule has 1 aromatic carbocycles. The quantitative estimate of drug-likeness (QED) is 0.840. The molecular formula is C14H14N2O2. The third-order valence-corrected chi connectivity index (χ3v) is 3.32. The average Bonchev–Trinajstić information content (AvgIpc) is 2.92. The number of carbonyl (C=O) groups excluding carboxylic acids is 1. The highest BCUT2D eigenvalue weighted by molar-refractivity contribution is 5.96. The van der Waals surface area contributed by atoms with Gasteiger partial charge in [0.05, 0.1) is 18.6 Å². The Balaban J connectivity index is 1.99. The lowest BCUT2D eigenvalue weighted by atomic mass is 9.94. The van der Waals surface area contributed by atoms with Gasteiger partial charge in [0.2, 0.25) is 0 Å². The molecule has 0 radical (unpaired) electrons. The molecule has 0 saturated carbocycles. The van der Waals surface area contributed by atoms with Gasteiger partial charge in [-0.15, -0.1) is 0 Å². The van der Waals surface area contributed by atoms with Crippen LogP contribution in [0.3, 0.4) is 0 Å². The van der Waals surface area contributed by atoms with Crippen LogP contribution in [-0.2, 0) is 6.42 Å². The van der Waals surface area contributed by atoms with Crippen LogP contribution in [0.1, 0.15) is 33.1 Å². The van der Waals surface area contributed by atoms with Crippen LogP contribution in [0.15, 0.2) is 41.2 Å². The van der Waals surface area contributed by atoms with Gasteiger partial charge < -0.3 is 15.5 Å². The highest BCUT2D eigenvalue weighted by Gasteiger charge is 2.19. The summed E-state index contributed by atoms with van der Waals surface area (Å²) < 4.78 is 5.03. The third-order valence-electron chi connectivity index (χ3n) is 3.32. The van der Waals surface area contributed by atoms with Crippen LogP contribution in [0, 0.1) is 0 Å². The summed E-state index contributed by atoms with van der Waals surface area (Å²) in [5, 5.41) is 2.84. The van der Waals surface area contributed by atoms with Crippen LogP contribution in [0.2, 0.25) is 0 Å². The fourth-order valence-corrected chi connectivity index (χ4v) is 2.27. The van der Waals surface area contributed by atoms with Crippen LogP contribution in [0.25, 0.3) is 0 Å². The summed E-state index contributed by atoms with van der Waals surface area (Å²) in [6.07, 6.45) is 4.10. The second-order valence-electron chi connectivity index (χ2n) is 4.46. The van der Waals surface area contributed by atoms with E-state index in [1.165, 1.54) is 0 Å². The fourth-order valence-electron chi connectivity index (χ4n) is 2.27. The minimum Gasteiger partial charge on any atom is -0.472 e. The summed E-state index contributed by atoms with van der Waals surface area (Å²) in [5.74, 6) is -0.0162. The number of benzene rings is 1. The first-order valence-electron chi connectivity index (χ1n) is 5.94. The number of fused-ring (bicyclic) bond motifs is 1. The maximum atomic E-state index is 11.8. The van der Waals surface area contributed by atoms with Crippen LogP contribution < -0.4 is 11.1 Å². The summed E-state index contributed by atoms with van der Waals surface area (Å²) in [4.78, 5) is 11.8. The first kappa shape index (κ1) is 11.0. The predicted molar refractivity (Wildman–Crippen MR) is 67.2 cm³/mol. The second-order valence-corrected chi connectivity index (χ2v) is 4.46. The van der Waals surface area contributed by atoms with Crippen LogP contribution in [0.4, 0.5) is 0 Å². The number of carbonyl (C=O) groups is 1. The van der Waals surface area contributed by atoms with Gasteiger partial charge in [-0.25, -0.2) is 0 Å². The van der Waals surface area contributed by atoms with Crippen molar-refractivity contribution < 1.29 is 9.21 Å². The number of hydrogen-bond donors (Lipinski definition) is 2. The molecule has 1 aromatic heterocycles. The lowest BCUT2D eigenvalue weighted by Gasteiger charge is -2.19. The molecule has 3 rings (SSSR count). The monoisotopic (exact) mass is 242 g/mol. The van der Waals surface area contributed by atoms with Crippen molar-refractivity contribution in [3.8, 4) is 0 Å². The van der Waals surface area contributed by atoms with Gasteiger partial charge in [0, 0.05) is 17.7 Å². The Morgan fingerprint density at radius 2 is 2.17 bits per heavy atom. The molecule has 0 spiro atoms. The molecule has 1 aliphatic heterocycles. The molecule has 2 aromatic rings. The lowest BCUT2D eigenvalue weighted by molar-refractivity contribution is 0.0946. The van der Waals surface area contributed by atoms with E-state index in [1.54, 1.807) is 12.5 Å². The van der Waals surface area contributed by atoms with Gasteiger partial charge in [0.1, 0.15) is 0 Å². The topological polar surface area (TPSA) is 68.3 Å². The minimum atomic E-state index is -0.260. The van der Waals surface area contributed by atoms with E-state index < -0.39 is 0 Å². The molecular weight excluding hydrogens is 228 g/mol. The van der Waals surface area contributed by atoms with E-state index in [9.17, 15) is 4.79 Å². The maximum absolute atomic E-state index is 11.8. The van der Waals surface area contributed by atoms with Gasteiger partial charge in [-0.3, -0.25) is 4.79 Å². The van der Waals surface area contributed by atoms with E-state index >= 15 is 0 Å². The molecule has 1 aliphatic rings. The van der Waals surface area contributed by atoms with Crippen molar-refractivity contribution in [2.24, 2.45) is 5.73 Å². The van der Waals surface area contributed by atoms with E-state index in [-0.39, 0.29) is 11.9 Å². The molecule has 1 unspecified atom stereocenters. The third kappa shape index (κ3) is 1.80. The molecule has 0 fully saturated rings. The second kappa shape index (κ2) is 4.31. The van der Waals surface area contributed by atoms with Crippen molar-refractivity contribution in [1.29, 1.82) is 0 Å². The minimum absolute atomic E-state index is 0.0162. The highest BCUT2D eigenvalue weighted by atomic mass is 16.3. The lowest BCUT2D eigenvalue weighted by Crippen LogP contribution is -2.32. The fraction of sp³-hybridized carbons (Fsp3) is 0.214. The Bertz CT molecular complexity index is 575. The van der Waals surface area contributed by atoms with Gasteiger partial charge in [-0.05, 0) is 29.7 Å². The first-order chi connectivity index (χ1) is 8.75. The van der Waals surface area contributed by atoms with Gasteiger partial charge in [0.25, 0.3) is 5.91 Å². The molecule has 0 bridgehead atoms. The van der Waals surface area contributed by atoms with Crippen LogP contribution in [0.5, 0.6) is 0 Å². The molecule has 92 valence electrons. The molecule has 2 heterocycles. The number of hydrogen-bond acceptors (Lipinski definition) is 3. The van der Waals surface area contributed by atoms with E-state index in [0.29, 0.717) is 6.54 Å². The predicted octanol–water partition coefficient (Wildman–Crippen LogP) is 1.61. The molecule has 4 heteroatoms. The Kier molecular flexibility index (Phi) is 2.64. The standard InChI is InChI=1S/C14H14N2O2/c15-13(11-4-6-18-8-11)10-2-1-9-3-5-16-14(17)12(9)7-10/h1-2,4,6-8,13H,3,5,15H2,(H,16,17). The van der Waals surface area contributed by atoms with Crippen LogP contribution >= 0.6 is 0 Å². The van der Waals surface area contributed by atoms with Crippen molar-refractivity contribution in [2.75, 3.05) is 6.54 Å². The van der Waals surface area contributed by atoms with Gasteiger partial charge in [0.15, 0.2) is 0 Å². The zero-order valence-electron chi connectivity index (χ0n) is 9.85. The molecule has 1 atom stereocenters. The highest BCUT2D eigenvalue weighted by Crippen LogP contribution is 2.23. The Hall–Kier alpha value is -2.07. The van der Waals surface area contributed by atoms with Crippen LogP contribution in [-0.4, -0.2) is 12.5 Å². The Morgan fingerprint density at radius 3 is 2.94 bits per heavy atom. The SMILES string of the molecule is NC(c1ccoc1)c1ccc2c(c1)C(=O)NCC2. The number of furan rings is 1. The van der Waals surface area contributed by atoms with Gasteiger partial charge in [-0.1, -0.05) is 12.1 Å². The van der Waals surface area contributed by atoms with Crippen molar-refractivity contribution >= 4 is 5.91 Å². The van der Waals surface area contributed by atoms with Gasteiger partial charge in [-0.2, -0.15) is 0 Å². The number of nitrogens with two attached hydrogens (primary N) is 1. The summed E-state index contributed by atoms with van der Waals surface area (Å²) >= 11 is 0. The molecule has 3 N–H and O–H groups in total. The maximum Gasteiger partial charge on any atom is 0.251 e. The summed E-state index contributed by atoms with van der Waals surface area (Å²) in [6, 6.07) is 7.42. The van der Waals surface area contributed by atoms with Crippen molar-refractivity contribution in [2.45, 2.75) is 12.5 Å². The van der Waals surface area contributed by atoms with E-state index in [4.69, 9.17) is 10.2 Å². The van der Waals surface area contributed by atoms with E-state index in [1.807, 2.05) is 24.3 Å². The van der Waals surface area contributed by atoms with E-state index in [2.05, 4.69) is 5.32 Å². The first-order valence-corrected chi connectivity index (χ1v) is 5.94. The number of nitrogens with one attached hydrogen (secondary N) is 1. The molecule has 4 nitrogen and oxygen atoms in total. The zero-order valence-corrected chi connectivity index (χ0v) is 9.85. The molecule has 0 aliphatic carbocycles. The van der Waals surface area contributed by atoms with Gasteiger partial charge >= 0.3 is 0 Å².